The largest absolute Gasteiger partial charge is 0.469 e. The Balaban J connectivity index is 2.07. The van der Waals surface area contributed by atoms with Gasteiger partial charge in [0.25, 0.3) is 0 Å². The lowest BCUT2D eigenvalue weighted by Crippen LogP contribution is -2.14. The number of carbonyl (C=O) groups is 1. The number of benzene rings is 1. The Bertz CT molecular complexity index is 766. The summed E-state index contributed by atoms with van der Waals surface area (Å²) in [5.74, 6) is -0.914. The van der Waals surface area contributed by atoms with Crippen molar-refractivity contribution in [2.75, 3.05) is 20.3 Å². The van der Waals surface area contributed by atoms with Crippen LogP contribution in [0.2, 0.25) is 0 Å². The van der Waals surface area contributed by atoms with E-state index in [0.717, 1.165) is 24.1 Å². The molecule has 2 aromatic rings. The van der Waals surface area contributed by atoms with Crippen molar-refractivity contribution in [3.8, 4) is 6.07 Å². The molecule has 3 rings (SSSR count). The highest BCUT2D eigenvalue weighted by atomic mass is 16.5. The van der Waals surface area contributed by atoms with Gasteiger partial charge in [-0.2, -0.15) is 5.26 Å². The molecule has 1 aromatic carbocycles. The summed E-state index contributed by atoms with van der Waals surface area (Å²) >= 11 is 0. The summed E-state index contributed by atoms with van der Waals surface area (Å²) in [6.07, 6.45) is 3.25. The lowest BCUT2D eigenvalue weighted by molar-refractivity contribution is -0.142. The number of hydrogen-bond acceptors (Lipinski definition) is 4. The van der Waals surface area contributed by atoms with E-state index in [0.29, 0.717) is 12.6 Å². The molecule has 2 unspecified atom stereocenters. The molecule has 0 bridgehead atoms. The van der Waals surface area contributed by atoms with Gasteiger partial charge in [0.1, 0.15) is 0 Å². The third-order valence-electron chi connectivity index (χ3n) is 4.54. The van der Waals surface area contributed by atoms with Gasteiger partial charge in [-0.1, -0.05) is 12.1 Å². The van der Waals surface area contributed by atoms with E-state index in [2.05, 4.69) is 23.8 Å². The minimum atomic E-state index is -0.544. The van der Waals surface area contributed by atoms with Gasteiger partial charge in [-0.3, -0.25) is 4.79 Å². The standard InChI is InChI=1S/C18H20N2O3/c1-12-10-20(14-6-8-23-11-14)17-9-13(3-4-15(12)17)16(5-7-19)18(21)22-2/h3-4,9-10,14,16H,5-6,8,11H2,1-2H3. The zero-order valence-corrected chi connectivity index (χ0v) is 13.4. The van der Waals surface area contributed by atoms with Crippen LogP contribution in [0.15, 0.2) is 24.4 Å². The third-order valence-corrected chi connectivity index (χ3v) is 4.54. The van der Waals surface area contributed by atoms with Crippen molar-refractivity contribution >= 4 is 16.9 Å². The fourth-order valence-electron chi connectivity index (χ4n) is 3.27. The predicted octanol–water partition coefficient (Wildman–Crippen LogP) is 3.08. The van der Waals surface area contributed by atoms with Gasteiger partial charge in [0, 0.05) is 23.7 Å². The van der Waals surface area contributed by atoms with Crippen LogP contribution in [0.3, 0.4) is 0 Å². The number of carbonyl (C=O) groups excluding carboxylic acids is 1. The van der Waals surface area contributed by atoms with E-state index in [1.165, 1.54) is 18.1 Å². The molecule has 5 heteroatoms. The maximum absolute atomic E-state index is 12.0. The molecule has 2 atom stereocenters. The van der Waals surface area contributed by atoms with E-state index in [-0.39, 0.29) is 12.4 Å². The van der Waals surface area contributed by atoms with Crippen LogP contribution in [0.1, 0.15) is 35.9 Å². The fraction of sp³-hybridized carbons (Fsp3) is 0.444. The summed E-state index contributed by atoms with van der Waals surface area (Å²) in [5.41, 5.74) is 3.11. The second kappa shape index (κ2) is 6.43. The highest BCUT2D eigenvalue weighted by molar-refractivity contribution is 5.87. The Morgan fingerprint density at radius 3 is 3.04 bits per heavy atom. The summed E-state index contributed by atoms with van der Waals surface area (Å²) in [6.45, 7) is 3.58. The lowest BCUT2D eigenvalue weighted by Gasteiger charge is -2.15. The van der Waals surface area contributed by atoms with Crippen LogP contribution < -0.4 is 0 Å². The summed E-state index contributed by atoms with van der Waals surface area (Å²) in [7, 11) is 1.36. The average molecular weight is 312 g/mol. The Labute approximate surface area is 135 Å². The molecular formula is C18H20N2O3. The van der Waals surface area contributed by atoms with E-state index in [9.17, 15) is 4.79 Å². The van der Waals surface area contributed by atoms with Gasteiger partial charge >= 0.3 is 5.97 Å². The summed E-state index contributed by atoms with van der Waals surface area (Å²) in [5, 5.41) is 10.2. The quantitative estimate of drug-likeness (QED) is 0.814. The fourth-order valence-corrected chi connectivity index (χ4v) is 3.27. The van der Waals surface area contributed by atoms with Gasteiger partial charge < -0.3 is 14.0 Å². The SMILES string of the molecule is COC(=O)C(CC#N)c1ccc2c(C)cn(C3CCOC3)c2c1. The Hall–Kier alpha value is -2.32. The van der Waals surface area contributed by atoms with Crippen molar-refractivity contribution < 1.29 is 14.3 Å². The molecule has 2 heterocycles. The van der Waals surface area contributed by atoms with Crippen LogP contribution in [0.5, 0.6) is 0 Å². The van der Waals surface area contributed by atoms with Gasteiger partial charge in [0.05, 0.1) is 38.2 Å². The van der Waals surface area contributed by atoms with E-state index in [4.69, 9.17) is 14.7 Å². The zero-order chi connectivity index (χ0) is 16.4. The van der Waals surface area contributed by atoms with Crippen LogP contribution in [-0.2, 0) is 14.3 Å². The smallest absolute Gasteiger partial charge is 0.314 e. The Kier molecular flexibility index (Phi) is 4.35. The van der Waals surface area contributed by atoms with Crippen LogP contribution in [0.25, 0.3) is 10.9 Å². The molecule has 0 saturated carbocycles. The molecule has 1 aliphatic heterocycles. The summed E-state index contributed by atoms with van der Waals surface area (Å²) in [6, 6.07) is 8.37. The normalized spacial score (nSPS) is 18.7. The van der Waals surface area contributed by atoms with Gasteiger partial charge in [0.2, 0.25) is 0 Å². The molecule has 0 radical (unpaired) electrons. The van der Waals surface area contributed by atoms with E-state index < -0.39 is 5.92 Å². The van der Waals surface area contributed by atoms with Crippen LogP contribution in [0, 0.1) is 18.3 Å². The monoisotopic (exact) mass is 312 g/mol. The second-order valence-corrected chi connectivity index (χ2v) is 5.95. The van der Waals surface area contributed by atoms with Gasteiger partial charge in [-0.15, -0.1) is 0 Å². The van der Waals surface area contributed by atoms with Gasteiger partial charge in [-0.25, -0.2) is 0 Å². The van der Waals surface area contributed by atoms with Crippen LogP contribution in [-0.4, -0.2) is 30.9 Å². The number of fused-ring (bicyclic) bond motifs is 1. The van der Waals surface area contributed by atoms with Crippen molar-refractivity contribution in [1.82, 2.24) is 4.57 Å². The first-order chi connectivity index (χ1) is 11.2. The number of nitriles is 1. The number of methoxy groups -OCH3 is 1. The van der Waals surface area contributed by atoms with E-state index in [1.54, 1.807) is 0 Å². The third kappa shape index (κ3) is 2.82. The van der Waals surface area contributed by atoms with Gasteiger partial charge in [0.15, 0.2) is 0 Å². The molecule has 1 aliphatic rings. The lowest BCUT2D eigenvalue weighted by atomic mass is 9.95. The average Bonchev–Trinajstić information content (AvgIpc) is 3.20. The summed E-state index contributed by atoms with van der Waals surface area (Å²) in [4.78, 5) is 12.0. The molecule has 1 aromatic heterocycles. The van der Waals surface area contributed by atoms with Crippen molar-refractivity contribution in [2.45, 2.75) is 31.7 Å². The van der Waals surface area contributed by atoms with Crippen LogP contribution in [0.4, 0.5) is 0 Å². The van der Waals surface area contributed by atoms with Crippen molar-refractivity contribution in [2.24, 2.45) is 0 Å². The molecule has 5 nitrogen and oxygen atoms in total. The molecule has 0 aliphatic carbocycles. The van der Waals surface area contributed by atoms with Crippen LogP contribution >= 0.6 is 0 Å². The van der Waals surface area contributed by atoms with E-state index >= 15 is 0 Å². The highest BCUT2D eigenvalue weighted by Gasteiger charge is 2.24. The summed E-state index contributed by atoms with van der Waals surface area (Å²) < 4.78 is 12.6. The first kappa shape index (κ1) is 15.6. The second-order valence-electron chi connectivity index (χ2n) is 5.95. The van der Waals surface area contributed by atoms with Crippen molar-refractivity contribution in [3.63, 3.8) is 0 Å². The number of aromatic nitrogens is 1. The highest BCUT2D eigenvalue weighted by Crippen LogP contribution is 2.31. The molecular weight excluding hydrogens is 292 g/mol. The molecule has 1 fully saturated rings. The number of hydrogen-bond donors (Lipinski definition) is 0. The minimum Gasteiger partial charge on any atom is -0.469 e. The van der Waals surface area contributed by atoms with Crippen molar-refractivity contribution in [3.05, 3.63) is 35.5 Å². The maximum Gasteiger partial charge on any atom is 0.314 e. The molecule has 120 valence electrons. The minimum absolute atomic E-state index is 0.115. The Morgan fingerprint density at radius 1 is 1.57 bits per heavy atom. The number of rotatable bonds is 4. The first-order valence-corrected chi connectivity index (χ1v) is 7.79. The number of esters is 1. The zero-order valence-electron chi connectivity index (χ0n) is 13.4. The van der Waals surface area contributed by atoms with Gasteiger partial charge in [-0.05, 0) is 30.5 Å². The predicted molar refractivity (Wildman–Crippen MR) is 86.1 cm³/mol. The number of aryl methyl sites for hydroxylation is 1. The molecule has 23 heavy (non-hydrogen) atoms. The topological polar surface area (TPSA) is 64.2 Å². The molecule has 0 amide bonds. The van der Waals surface area contributed by atoms with E-state index in [1.807, 2.05) is 18.2 Å². The van der Waals surface area contributed by atoms with Crippen molar-refractivity contribution in [1.29, 1.82) is 5.26 Å². The Morgan fingerprint density at radius 2 is 2.39 bits per heavy atom. The number of nitrogens with zero attached hydrogens (tertiary/aromatic N) is 2. The number of ether oxygens (including phenoxy) is 2. The maximum atomic E-state index is 12.0. The molecule has 1 saturated heterocycles. The molecule has 0 spiro atoms. The molecule has 0 N–H and O–H groups in total. The first-order valence-electron chi connectivity index (χ1n) is 7.79.